The molecular formula is C13H18N2O3. The number of urea groups is 1. The number of anilines is 1. The molecule has 5 heteroatoms. The van der Waals surface area contributed by atoms with E-state index in [2.05, 4.69) is 15.4 Å². The van der Waals surface area contributed by atoms with Crippen molar-refractivity contribution in [2.24, 2.45) is 0 Å². The first-order valence-electron chi connectivity index (χ1n) is 5.83. The molecule has 1 aromatic rings. The zero-order valence-corrected chi connectivity index (χ0v) is 10.8. The van der Waals surface area contributed by atoms with Crippen molar-refractivity contribution in [1.82, 2.24) is 5.32 Å². The average molecular weight is 250 g/mol. The van der Waals surface area contributed by atoms with Gasteiger partial charge in [-0.3, -0.25) is 0 Å². The molecule has 1 aromatic carbocycles. The molecule has 2 N–H and O–H groups in total. The minimum atomic E-state index is -0.477. The average Bonchev–Trinajstić information content (AvgIpc) is 2.38. The van der Waals surface area contributed by atoms with Gasteiger partial charge in [-0.25, -0.2) is 9.59 Å². The smallest absolute Gasteiger partial charge is 0.339 e. The first-order valence-corrected chi connectivity index (χ1v) is 5.83. The third kappa shape index (κ3) is 3.76. The van der Waals surface area contributed by atoms with E-state index in [1.54, 1.807) is 24.3 Å². The monoisotopic (exact) mass is 250 g/mol. The standard InChI is InChI=1S/C13H18N2O3/c1-4-9(2)14-13(17)15-11-8-6-5-7-10(11)12(16)18-3/h5-9H,4H2,1-3H3,(H2,14,15,17)/t9-/m0/s1. The van der Waals surface area contributed by atoms with Crippen molar-refractivity contribution in [3.05, 3.63) is 29.8 Å². The second kappa shape index (κ2) is 6.64. The van der Waals surface area contributed by atoms with Crippen LogP contribution < -0.4 is 10.6 Å². The number of rotatable bonds is 4. The van der Waals surface area contributed by atoms with Crippen LogP contribution in [0.4, 0.5) is 10.5 Å². The fourth-order valence-corrected chi connectivity index (χ4v) is 1.36. The van der Waals surface area contributed by atoms with Gasteiger partial charge in [0.05, 0.1) is 18.4 Å². The lowest BCUT2D eigenvalue weighted by Gasteiger charge is -2.14. The van der Waals surface area contributed by atoms with Gasteiger partial charge in [0.15, 0.2) is 0 Å². The van der Waals surface area contributed by atoms with Crippen molar-refractivity contribution in [3.8, 4) is 0 Å². The number of hydrogen-bond donors (Lipinski definition) is 2. The number of carbonyl (C=O) groups is 2. The van der Waals surface area contributed by atoms with Gasteiger partial charge in [-0.2, -0.15) is 0 Å². The molecule has 98 valence electrons. The number of ether oxygens (including phenoxy) is 1. The van der Waals surface area contributed by atoms with Crippen LogP contribution in [-0.2, 0) is 4.74 Å². The normalized spacial score (nSPS) is 11.5. The van der Waals surface area contributed by atoms with Crippen LogP contribution in [0, 0.1) is 0 Å². The molecule has 1 atom stereocenters. The second-order valence-electron chi connectivity index (χ2n) is 3.94. The lowest BCUT2D eigenvalue weighted by atomic mass is 10.2. The molecule has 0 heterocycles. The van der Waals surface area contributed by atoms with E-state index in [0.717, 1.165) is 6.42 Å². The molecule has 0 aliphatic carbocycles. The lowest BCUT2D eigenvalue weighted by molar-refractivity contribution is 0.0602. The number of amides is 2. The van der Waals surface area contributed by atoms with E-state index >= 15 is 0 Å². The Labute approximate surface area is 107 Å². The molecule has 0 bridgehead atoms. The Balaban J connectivity index is 2.78. The molecule has 1 rings (SSSR count). The second-order valence-corrected chi connectivity index (χ2v) is 3.94. The van der Waals surface area contributed by atoms with Gasteiger partial charge < -0.3 is 15.4 Å². The van der Waals surface area contributed by atoms with E-state index in [9.17, 15) is 9.59 Å². The molecule has 0 aromatic heterocycles. The van der Waals surface area contributed by atoms with Crippen molar-refractivity contribution in [3.63, 3.8) is 0 Å². The molecule has 0 aliphatic heterocycles. The Morgan fingerprint density at radius 1 is 1.33 bits per heavy atom. The van der Waals surface area contributed by atoms with Crippen molar-refractivity contribution in [1.29, 1.82) is 0 Å². The van der Waals surface area contributed by atoms with E-state index in [4.69, 9.17) is 0 Å². The molecule has 0 saturated heterocycles. The summed E-state index contributed by atoms with van der Waals surface area (Å²) in [6, 6.07) is 6.46. The SMILES string of the molecule is CC[C@H](C)NC(=O)Nc1ccccc1C(=O)OC. The number of methoxy groups -OCH3 is 1. The fourth-order valence-electron chi connectivity index (χ4n) is 1.36. The van der Waals surface area contributed by atoms with Crippen molar-refractivity contribution >= 4 is 17.7 Å². The van der Waals surface area contributed by atoms with Crippen LogP contribution >= 0.6 is 0 Å². The summed E-state index contributed by atoms with van der Waals surface area (Å²) in [6.45, 7) is 3.89. The van der Waals surface area contributed by atoms with Gasteiger partial charge in [0.2, 0.25) is 0 Å². The molecular weight excluding hydrogens is 232 g/mol. The number of nitrogens with one attached hydrogen (secondary N) is 2. The number of hydrogen-bond acceptors (Lipinski definition) is 3. The van der Waals surface area contributed by atoms with Crippen molar-refractivity contribution in [2.45, 2.75) is 26.3 Å². The molecule has 0 spiro atoms. The highest BCUT2D eigenvalue weighted by atomic mass is 16.5. The lowest BCUT2D eigenvalue weighted by Crippen LogP contribution is -2.36. The summed E-state index contributed by atoms with van der Waals surface area (Å²) in [7, 11) is 1.30. The summed E-state index contributed by atoms with van der Waals surface area (Å²) in [4.78, 5) is 23.2. The Bertz CT molecular complexity index is 432. The van der Waals surface area contributed by atoms with Crippen LogP contribution in [0.2, 0.25) is 0 Å². The van der Waals surface area contributed by atoms with Gasteiger partial charge >= 0.3 is 12.0 Å². The molecule has 0 radical (unpaired) electrons. The van der Waals surface area contributed by atoms with Crippen LogP contribution in [0.1, 0.15) is 30.6 Å². The third-order valence-corrected chi connectivity index (χ3v) is 2.57. The Morgan fingerprint density at radius 2 is 2.00 bits per heavy atom. The van der Waals surface area contributed by atoms with Gasteiger partial charge in [-0.15, -0.1) is 0 Å². The predicted octanol–water partition coefficient (Wildman–Crippen LogP) is 2.39. The first kappa shape index (κ1) is 14.0. The highest BCUT2D eigenvalue weighted by molar-refractivity contribution is 6.00. The fraction of sp³-hybridized carbons (Fsp3) is 0.385. The maximum atomic E-state index is 11.7. The van der Waals surface area contributed by atoms with E-state index < -0.39 is 5.97 Å². The van der Waals surface area contributed by atoms with Gasteiger partial charge in [0.1, 0.15) is 0 Å². The Morgan fingerprint density at radius 3 is 2.61 bits per heavy atom. The first-order chi connectivity index (χ1) is 8.58. The molecule has 0 aliphatic rings. The summed E-state index contributed by atoms with van der Waals surface area (Å²) in [5, 5.41) is 5.40. The molecule has 0 saturated carbocycles. The summed E-state index contributed by atoms with van der Waals surface area (Å²) in [6.07, 6.45) is 0.839. The molecule has 0 fully saturated rings. The predicted molar refractivity (Wildman–Crippen MR) is 69.7 cm³/mol. The van der Waals surface area contributed by atoms with Gasteiger partial charge in [0, 0.05) is 6.04 Å². The van der Waals surface area contributed by atoms with E-state index in [-0.39, 0.29) is 12.1 Å². The Hall–Kier alpha value is -2.04. The largest absolute Gasteiger partial charge is 0.465 e. The van der Waals surface area contributed by atoms with Crippen LogP contribution in [0.15, 0.2) is 24.3 Å². The number of benzene rings is 1. The zero-order valence-electron chi connectivity index (χ0n) is 10.8. The maximum absolute atomic E-state index is 11.7. The summed E-state index contributed by atoms with van der Waals surface area (Å²) >= 11 is 0. The van der Waals surface area contributed by atoms with Gasteiger partial charge in [-0.05, 0) is 25.5 Å². The van der Waals surface area contributed by atoms with Crippen LogP contribution in [0.5, 0.6) is 0 Å². The highest BCUT2D eigenvalue weighted by Gasteiger charge is 2.13. The highest BCUT2D eigenvalue weighted by Crippen LogP contribution is 2.15. The maximum Gasteiger partial charge on any atom is 0.339 e. The third-order valence-electron chi connectivity index (χ3n) is 2.57. The quantitative estimate of drug-likeness (QED) is 0.806. The summed E-state index contributed by atoms with van der Waals surface area (Å²) < 4.78 is 4.65. The summed E-state index contributed by atoms with van der Waals surface area (Å²) in [5.41, 5.74) is 0.768. The molecule has 0 unspecified atom stereocenters. The minimum Gasteiger partial charge on any atom is -0.465 e. The van der Waals surface area contributed by atoms with Crippen molar-refractivity contribution < 1.29 is 14.3 Å². The molecule has 5 nitrogen and oxygen atoms in total. The Kier molecular flexibility index (Phi) is 5.17. The molecule has 2 amide bonds. The minimum absolute atomic E-state index is 0.0790. The van der Waals surface area contributed by atoms with E-state index in [1.807, 2.05) is 13.8 Å². The number of para-hydroxylation sites is 1. The van der Waals surface area contributed by atoms with Gasteiger partial charge in [-0.1, -0.05) is 19.1 Å². The topological polar surface area (TPSA) is 67.4 Å². The van der Waals surface area contributed by atoms with Crippen LogP contribution in [-0.4, -0.2) is 25.2 Å². The van der Waals surface area contributed by atoms with Gasteiger partial charge in [0.25, 0.3) is 0 Å². The number of carbonyl (C=O) groups excluding carboxylic acids is 2. The van der Waals surface area contributed by atoms with Crippen LogP contribution in [0.3, 0.4) is 0 Å². The number of esters is 1. The van der Waals surface area contributed by atoms with Crippen molar-refractivity contribution in [2.75, 3.05) is 12.4 Å². The van der Waals surface area contributed by atoms with E-state index in [1.165, 1.54) is 7.11 Å². The zero-order chi connectivity index (χ0) is 13.5. The van der Waals surface area contributed by atoms with E-state index in [0.29, 0.717) is 11.3 Å². The summed E-state index contributed by atoms with van der Waals surface area (Å²) in [5.74, 6) is -0.477. The van der Waals surface area contributed by atoms with Crippen LogP contribution in [0.25, 0.3) is 0 Å². The molecule has 18 heavy (non-hydrogen) atoms.